The average molecular weight is 265 g/mol. The normalized spacial score (nSPS) is 10.3. The van der Waals surface area contributed by atoms with Crippen molar-refractivity contribution in [1.29, 1.82) is 0 Å². The van der Waals surface area contributed by atoms with Crippen LogP contribution in [0.15, 0.2) is 28.7 Å². The first kappa shape index (κ1) is 10.0. The summed E-state index contributed by atoms with van der Waals surface area (Å²) in [4.78, 5) is 12.3. The molecule has 2 N–H and O–H groups in total. The number of nitrogens with zero attached hydrogens (tertiary/aromatic N) is 3. The van der Waals surface area contributed by atoms with E-state index in [-0.39, 0.29) is 5.95 Å². The number of benzene rings is 1. The molecular formula is C10H9BrN4. The summed E-state index contributed by atoms with van der Waals surface area (Å²) in [6, 6.07) is 7.73. The molecule has 15 heavy (non-hydrogen) atoms. The van der Waals surface area contributed by atoms with E-state index in [0.717, 1.165) is 10.0 Å². The monoisotopic (exact) mass is 264 g/mol. The lowest BCUT2D eigenvalue weighted by Crippen LogP contribution is -2.02. The Kier molecular flexibility index (Phi) is 2.64. The fourth-order valence-corrected chi connectivity index (χ4v) is 1.73. The van der Waals surface area contributed by atoms with Crippen LogP contribution in [-0.2, 0) is 0 Å². The number of anilines is 1. The van der Waals surface area contributed by atoms with Gasteiger partial charge in [-0.2, -0.15) is 9.97 Å². The lowest BCUT2D eigenvalue weighted by Gasteiger charge is -2.03. The molecule has 0 unspecified atom stereocenters. The standard InChI is InChI=1S/C10H9BrN4/c1-6-13-9(15-10(12)14-6)7-4-2-3-5-8(7)11/h2-5H,1H3,(H2,12,13,14,15). The van der Waals surface area contributed by atoms with Crippen LogP contribution in [0.4, 0.5) is 5.95 Å². The minimum atomic E-state index is 0.244. The fourth-order valence-electron chi connectivity index (χ4n) is 1.27. The van der Waals surface area contributed by atoms with Crippen molar-refractivity contribution in [2.24, 2.45) is 0 Å². The van der Waals surface area contributed by atoms with Crippen molar-refractivity contribution in [3.05, 3.63) is 34.6 Å². The zero-order valence-corrected chi connectivity index (χ0v) is 9.69. The maximum Gasteiger partial charge on any atom is 0.223 e. The topological polar surface area (TPSA) is 64.7 Å². The van der Waals surface area contributed by atoms with Gasteiger partial charge in [0, 0.05) is 10.0 Å². The molecule has 5 heteroatoms. The molecule has 1 aromatic carbocycles. The van der Waals surface area contributed by atoms with Crippen LogP contribution in [0.5, 0.6) is 0 Å². The van der Waals surface area contributed by atoms with Gasteiger partial charge in [0.2, 0.25) is 5.95 Å². The third kappa shape index (κ3) is 2.12. The highest BCUT2D eigenvalue weighted by Gasteiger charge is 2.07. The molecule has 1 heterocycles. The summed E-state index contributed by atoms with van der Waals surface area (Å²) in [6.07, 6.45) is 0. The Balaban J connectivity index is 2.59. The quantitative estimate of drug-likeness (QED) is 0.858. The Morgan fingerprint density at radius 2 is 1.87 bits per heavy atom. The van der Waals surface area contributed by atoms with Gasteiger partial charge in [0.05, 0.1) is 0 Å². The van der Waals surface area contributed by atoms with Gasteiger partial charge in [-0.15, -0.1) is 0 Å². The van der Waals surface area contributed by atoms with Crippen LogP contribution in [0.1, 0.15) is 5.82 Å². The number of nitrogen functional groups attached to an aromatic ring is 1. The molecular weight excluding hydrogens is 256 g/mol. The van der Waals surface area contributed by atoms with Crippen molar-refractivity contribution < 1.29 is 0 Å². The molecule has 0 aliphatic rings. The molecule has 0 aliphatic carbocycles. The summed E-state index contributed by atoms with van der Waals surface area (Å²) in [6.45, 7) is 1.79. The summed E-state index contributed by atoms with van der Waals surface area (Å²) in [5.74, 6) is 1.45. The van der Waals surface area contributed by atoms with Crippen LogP contribution in [0.2, 0.25) is 0 Å². The summed E-state index contributed by atoms with van der Waals surface area (Å²) in [5, 5.41) is 0. The van der Waals surface area contributed by atoms with Crippen LogP contribution in [0, 0.1) is 6.92 Å². The molecule has 0 amide bonds. The first-order chi connectivity index (χ1) is 7.16. The third-order valence-electron chi connectivity index (χ3n) is 1.88. The number of hydrogen-bond donors (Lipinski definition) is 1. The van der Waals surface area contributed by atoms with Crippen molar-refractivity contribution in [3.63, 3.8) is 0 Å². The Bertz CT molecular complexity index is 478. The molecule has 0 saturated carbocycles. The maximum absolute atomic E-state index is 5.57. The molecule has 0 aliphatic heterocycles. The van der Waals surface area contributed by atoms with Crippen molar-refractivity contribution >= 4 is 21.9 Å². The van der Waals surface area contributed by atoms with Crippen molar-refractivity contribution in [3.8, 4) is 11.4 Å². The van der Waals surface area contributed by atoms with Crippen LogP contribution in [0.3, 0.4) is 0 Å². The van der Waals surface area contributed by atoms with Crippen molar-refractivity contribution in [2.45, 2.75) is 6.92 Å². The van der Waals surface area contributed by atoms with Crippen molar-refractivity contribution in [1.82, 2.24) is 15.0 Å². The van der Waals surface area contributed by atoms with Crippen LogP contribution >= 0.6 is 15.9 Å². The molecule has 4 nitrogen and oxygen atoms in total. The largest absolute Gasteiger partial charge is 0.368 e. The Morgan fingerprint density at radius 1 is 1.13 bits per heavy atom. The number of aromatic nitrogens is 3. The predicted molar refractivity (Wildman–Crippen MR) is 62.1 cm³/mol. The van der Waals surface area contributed by atoms with Gasteiger partial charge >= 0.3 is 0 Å². The summed E-state index contributed by atoms with van der Waals surface area (Å²) >= 11 is 3.44. The highest BCUT2D eigenvalue weighted by molar-refractivity contribution is 9.10. The minimum absolute atomic E-state index is 0.244. The molecule has 2 rings (SSSR count). The fraction of sp³-hybridized carbons (Fsp3) is 0.100. The van der Waals surface area contributed by atoms with Gasteiger partial charge in [-0.3, -0.25) is 0 Å². The van der Waals surface area contributed by atoms with Gasteiger partial charge in [-0.25, -0.2) is 4.98 Å². The zero-order valence-electron chi connectivity index (χ0n) is 8.11. The van der Waals surface area contributed by atoms with Gasteiger partial charge in [-0.1, -0.05) is 34.1 Å². The van der Waals surface area contributed by atoms with Crippen molar-refractivity contribution in [2.75, 3.05) is 5.73 Å². The smallest absolute Gasteiger partial charge is 0.223 e. The second-order valence-corrected chi connectivity index (χ2v) is 3.90. The summed E-state index contributed by atoms with van der Waals surface area (Å²) in [5.41, 5.74) is 6.48. The molecule has 0 bridgehead atoms. The summed E-state index contributed by atoms with van der Waals surface area (Å²) < 4.78 is 0.940. The summed E-state index contributed by atoms with van der Waals surface area (Å²) in [7, 11) is 0. The second kappa shape index (κ2) is 3.94. The van der Waals surface area contributed by atoms with E-state index < -0.39 is 0 Å². The zero-order chi connectivity index (χ0) is 10.8. The van der Waals surface area contributed by atoms with Gasteiger partial charge < -0.3 is 5.73 Å². The van der Waals surface area contributed by atoms with E-state index in [1.807, 2.05) is 24.3 Å². The van der Waals surface area contributed by atoms with E-state index in [1.165, 1.54) is 0 Å². The third-order valence-corrected chi connectivity index (χ3v) is 2.57. The Morgan fingerprint density at radius 3 is 2.53 bits per heavy atom. The van der Waals surface area contributed by atoms with Gasteiger partial charge in [-0.05, 0) is 13.0 Å². The van der Waals surface area contributed by atoms with E-state index >= 15 is 0 Å². The maximum atomic E-state index is 5.57. The SMILES string of the molecule is Cc1nc(N)nc(-c2ccccc2Br)n1. The van der Waals surface area contributed by atoms with Crippen LogP contribution < -0.4 is 5.73 Å². The van der Waals surface area contributed by atoms with E-state index in [1.54, 1.807) is 6.92 Å². The predicted octanol–water partition coefficient (Wildman–Crippen LogP) is 2.19. The van der Waals surface area contributed by atoms with Crippen LogP contribution in [0.25, 0.3) is 11.4 Å². The average Bonchev–Trinajstić information content (AvgIpc) is 2.16. The highest BCUT2D eigenvalue weighted by Crippen LogP contribution is 2.24. The van der Waals surface area contributed by atoms with Crippen LogP contribution in [-0.4, -0.2) is 15.0 Å². The molecule has 76 valence electrons. The van der Waals surface area contributed by atoms with Gasteiger partial charge in [0.25, 0.3) is 0 Å². The highest BCUT2D eigenvalue weighted by atomic mass is 79.9. The first-order valence-corrected chi connectivity index (χ1v) is 5.19. The van der Waals surface area contributed by atoms with E-state index in [2.05, 4.69) is 30.9 Å². The number of aryl methyl sites for hydroxylation is 1. The molecule has 0 fully saturated rings. The second-order valence-electron chi connectivity index (χ2n) is 3.04. The number of rotatable bonds is 1. The number of nitrogens with two attached hydrogens (primary N) is 1. The molecule has 0 saturated heterocycles. The van der Waals surface area contributed by atoms with E-state index in [9.17, 15) is 0 Å². The molecule has 0 spiro atoms. The Hall–Kier alpha value is -1.49. The molecule has 0 atom stereocenters. The van der Waals surface area contributed by atoms with Gasteiger partial charge in [0.1, 0.15) is 5.82 Å². The first-order valence-electron chi connectivity index (χ1n) is 4.40. The number of hydrogen-bond acceptors (Lipinski definition) is 4. The van der Waals surface area contributed by atoms with E-state index in [0.29, 0.717) is 11.6 Å². The minimum Gasteiger partial charge on any atom is -0.368 e. The Labute approximate surface area is 95.7 Å². The van der Waals surface area contributed by atoms with Gasteiger partial charge in [0.15, 0.2) is 5.82 Å². The number of halogens is 1. The van der Waals surface area contributed by atoms with E-state index in [4.69, 9.17) is 5.73 Å². The lowest BCUT2D eigenvalue weighted by molar-refractivity contribution is 0.996. The lowest BCUT2D eigenvalue weighted by atomic mass is 10.2. The molecule has 0 radical (unpaired) electrons. The molecule has 2 aromatic rings. The molecule has 1 aromatic heterocycles.